The fourth-order valence-electron chi connectivity index (χ4n) is 2.57. The van der Waals surface area contributed by atoms with E-state index in [1.54, 1.807) is 6.07 Å². The zero-order valence-corrected chi connectivity index (χ0v) is 11.3. The van der Waals surface area contributed by atoms with Crippen molar-refractivity contribution in [3.63, 3.8) is 0 Å². The quantitative estimate of drug-likeness (QED) is 0.508. The van der Waals surface area contributed by atoms with Crippen LogP contribution in [0.2, 0.25) is 0 Å². The van der Waals surface area contributed by atoms with Crippen LogP contribution in [0.15, 0.2) is 12.1 Å². The predicted octanol–water partition coefficient (Wildman–Crippen LogP) is 2.16. The minimum atomic E-state index is -0.583. The fraction of sp³-hybridized carbons (Fsp3) is 0.462. The van der Waals surface area contributed by atoms with Crippen molar-refractivity contribution in [2.24, 2.45) is 0 Å². The van der Waals surface area contributed by atoms with Crippen molar-refractivity contribution >= 4 is 17.3 Å². The SMILES string of the molecule is CC(=O)Nc1c([N+](=O)[O-])ccc2c1OC(C)(C)C1OC21. The molecule has 0 radical (unpaired) electrons. The molecule has 0 aromatic heterocycles. The molecule has 2 aliphatic heterocycles. The number of fused-ring (bicyclic) bond motifs is 3. The smallest absolute Gasteiger partial charge is 0.296 e. The highest BCUT2D eigenvalue weighted by Crippen LogP contribution is 2.57. The predicted molar refractivity (Wildman–Crippen MR) is 69.7 cm³/mol. The molecule has 20 heavy (non-hydrogen) atoms. The third-order valence-electron chi connectivity index (χ3n) is 3.51. The first-order chi connectivity index (χ1) is 9.31. The number of benzene rings is 1. The van der Waals surface area contributed by atoms with Crippen LogP contribution in [-0.2, 0) is 9.53 Å². The van der Waals surface area contributed by atoms with E-state index in [1.165, 1.54) is 13.0 Å². The van der Waals surface area contributed by atoms with E-state index in [-0.39, 0.29) is 29.5 Å². The third kappa shape index (κ3) is 1.82. The first-order valence-corrected chi connectivity index (χ1v) is 6.24. The Morgan fingerprint density at radius 1 is 1.45 bits per heavy atom. The number of rotatable bonds is 2. The summed E-state index contributed by atoms with van der Waals surface area (Å²) in [4.78, 5) is 21.9. The second kappa shape index (κ2) is 3.92. The zero-order valence-electron chi connectivity index (χ0n) is 11.3. The topological polar surface area (TPSA) is 94.0 Å². The molecule has 1 fully saturated rings. The fourth-order valence-corrected chi connectivity index (χ4v) is 2.57. The van der Waals surface area contributed by atoms with Crippen molar-refractivity contribution in [2.45, 2.75) is 38.6 Å². The molecule has 0 bridgehead atoms. The van der Waals surface area contributed by atoms with Crippen LogP contribution < -0.4 is 10.1 Å². The van der Waals surface area contributed by atoms with Crippen LogP contribution in [0, 0.1) is 10.1 Å². The minimum absolute atomic E-state index is 0.0540. The average Bonchev–Trinajstić information content (AvgIpc) is 3.09. The van der Waals surface area contributed by atoms with Crippen LogP contribution >= 0.6 is 0 Å². The summed E-state index contributed by atoms with van der Waals surface area (Å²) >= 11 is 0. The van der Waals surface area contributed by atoms with Gasteiger partial charge in [-0.15, -0.1) is 0 Å². The molecule has 0 spiro atoms. The van der Waals surface area contributed by atoms with Crippen LogP contribution in [0.1, 0.15) is 32.4 Å². The standard InChI is InChI=1S/C13H14N2O5/c1-6(16)14-9-8(15(17)18)5-4-7-10(9)20-13(2,3)12-11(7)19-12/h4-5,11-12H,1-3H3,(H,14,16). The Balaban J connectivity index is 2.17. The van der Waals surface area contributed by atoms with E-state index in [0.717, 1.165) is 5.56 Å². The third-order valence-corrected chi connectivity index (χ3v) is 3.51. The zero-order chi connectivity index (χ0) is 14.7. The number of nitro groups is 1. The maximum atomic E-state index is 11.3. The molecule has 2 heterocycles. The number of hydrogen-bond acceptors (Lipinski definition) is 5. The van der Waals surface area contributed by atoms with Crippen LogP contribution in [0.5, 0.6) is 5.75 Å². The van der Waals surface area contributed by atoms with E-state index in [1.807, 2.05) is 13.8 Å². The summed E-state index contributed by atoms with van der Waals surface area (Å²) in [7, 11) is 0. The van der Waals surface area contributed by atoms with Gasteiger partial charge in [0.05, 0.1) is 4.92 Å². The highest BCUT2D eigenvalue weighted by Gasteiger charge is 2.57. The van der Waals surface area contributed by atoms with Gasteiger partial charge in [-0.1, -0.05) is 0 Å². The average molecular weight is 278 g/mol. The molecule has 1 aromatic rings. The maximum Gasteiger partial charge on any atom is 0.296 e. The van der Waals surface area contributed by atoms with Gasteiger partial charge >= 0.3 is 0 Å². The lowest BCUT2D eigenvalue weighted by Crippen LogP contribution is -2.38. The summed E-state index contributed by atoms with van der Waals surface area (Å²) in [5, 5.41) is 13.6. The van der Waals surface area contributed by atoms with Gasteiger partial charge < -0.3 is 14.8 Å². The van der Waals surface area contributed by atoms with Gasteiger partial charge in [-0.25, -0.2) is 0 Å². The van der Waals surface area contributed by atoms with Crippen molar-refractivity contribution in [1.29, 1.82) is 0 Å². The largest absolute Gasteiger partial charge is 0.482 e. The second-order valence-corrected chi connectivity index (χ2v) is 5.50. The van der Waals surface area contributed by atoms with Crippen molar-refractivity contribution in [1.82, 2.24) is 0 Å². The monoisotopic (exact) mass is 278 g/mol. The first-order valence-electron chi connectivity index (χ1n) is 6.24. The molecule has 1 amide bonds. The van der Waals surface area contributed by atoms with E-state index in [4.69, 9.17) is 9.47 Å². The number of nitro benzene ring substituents is 1. The molecule has 1 N–H and O–H groups in total. The van der Waals surface area contributed by atoms with E-state index in [2.05, 4.69) is 5.32 Å². The lowest BCUT2D eigenvalue weighted by Gasteiger charge is -2.30. The summed E-state index contributed by atoms with van der Waals surface area (Å²) in [6.07, 6.45) is -0.177. The molecule has 2 atom stereocenters. The number of amides is 1. The number of epoxide rings is 1. The number of hydrogen-bond donors (Lipinski definition) is 1. The van der Waals surface area contributed by atoms with E-state index < -0.39 is 10.5 Å². The molecule has 2 aliphatic rings. The van der Waals surface area contributed by atoms with Gasteiger partial charge in [-0.05, 0) is 19.9 Å². The molecule has 7 heteroatoms. The summed E-state index contributed by atoms with van der Waals surface area (Å²) in [6, 6.07) is 2.99. The number of nitrogens with one attached hydrogen (secondary N) is 1. The van der Waals surface area contributed by atoms with Gasteiger partial charge in [0.15, 0.2) is 11.4 Å². The van der Waals surface area contributed by atoms with Gasteiger partial charge in [-0.3, -0.25) is 14.9 Å². The Labute approximate surface area is 115 Å². The number of anilines is 1. The molecule has 106 valence electrons. The Hall–Kier alpha value is -2.15. The Kier molecular flexibility index (Phi) is 2.52. The minimum Gasteiger partial charge on any atom is -0.482 e. The molecular weight excluding hydrogens is 264 g/mol. The van der Waals surface area contributed by atoms with Crippen LogP contribution in [-0.4, -0.2) is 22.5 Å². The van der Waals surface area contributed by atoms with Crippen molar-refractivity contribution < 1.29 is 19.2 Å². The number of carbonyl (C=O) groups excluding carboxylic acids is 1. The summed E-state index contributed by atoms with van der Waals surface area (Å²) in [6.45, 7) is 5.02. The van der Waals surface area contributed by atoms with Gasteiger partial charge in [0, 0.05) is 18.6 Å². The van der Waals surface area contributed by atoms with Crippen molar-refractivity contribution in [3.05, 3.63) is 27.8 Å². The van der Waals surface area contributed by atoms with Crippen LogP contribution in [0.3, 0.4) is 0 Å². The number of carbonyl (C=O) groups is 1. The second-order valence-electron chi connectivity index (χ2n) is 5.50. The van der Waals surface area contributed by atoms with Gasteiger partial charge in [0.25, 0.3) is 5.69 Å². The van der Waals surface area contributed by atoms with Crippen LogP contribution in [0.25, 0.3) is 0 Å². The Morgan fingerprint density at radius 2 is 2.15 bits per heavy atom. The van der Waals surface area contributed by atoms with Crippen molar-refractivity contribution in [3.8, 4) is 5.75 Å². The molecule has 1 aromatic carbocycles. The Morgan fingerprint density at radius 3 is 2.75 bits per heavy atom. The highest BCUT2D eigenvalue weighted by molar-refractivity contribution is 5.94. The number of ether oxygens (including phenoxy) is 2. The summed E-state index contributed by atoms with van der Waals surface area (Å²) in [5.74, 6) is -0.0557. The summed E-state index contributed by atoms with van der Waals surface area (Å²) in [5.41, 5.74) is 0.0691. The molecule has 0 saturated carbocycles. The lowest BCUT2D eigenvalue weighted by atomic mass is 9.93. The van der Waals surface area contributed by atoms with E-state index >= 15 is 0 Å². The van der Waals surface area contributed by atoms with Crippen LogP contribution in [0.4, 0.5) is 11.4 Å². The van der Waals surface area contributed by atoms with Gasteiger partial charge in [-0.2, -0.15) is 0 Å². The number of nitrogens with zero attached hydrogens (tertiary/aromatic N) is 1. The first kappa shape index (κ1) is 12.9. The van der Waals surface area contributed by atoms with Gasteiger partial charge in [0.1, 0.15) is 17.8 Å². The van der Waals surface area contributed by atoms with E-state index in [0.29, 0.717) is 5.75 Å². The highest BCUT2D eigenvalue weighted by atomic mass is 16.6. The molecule has 7 nitrogen and oxygen atoms in total. The molecule has 0 aliphatic carbocycles. The molecular formula is C13H14N2O5. The van der Waals surface area contributed by atoms with Crippen molar-refractivity contribution in [2.75, 3.05) is 5.32 Å². The van der Waals surface area contributed by atoms with Gasteiger partial charge in [0.2, 0.25) is 5.91 Å². The Bertz CT molecular complexity index is 625. The molecule has 2 unspecified atom stereocenters. The molecule has 1 saturated heterocycles. The lowest BCUT2D eigenvalue weighted by molar-refractivity contribution is -0.384. The molecule has 3 rings (SSSR count). The van der Waals surface area contributed by atoms with E-state index in [9.17, 15) is 14.9 Å². The maximum absolute atomic E-state index is 11.3. The normalized spacial score (nSPS) is 24.9. The summed E-state index contributed by atoms with van der Waals surface area (Å²) < 4.78 is 11.4.